The summed E-state index contributed by atoms with van der Waals surface area (Å²) in [5, 5.41) is 19.3. The first-order chi connectivity index (χ1) is 14.3. The first-order valence-electron chi connectivity index (χ1n) is 10.4. The Labute approximate surface area is 174 Å². The molecule has 12 heteroatoms. The van der Waals surface area contributed by atoms with Gasteiger partial charge in [0.2, 0.25) is 0 Å². The number of hydrogen-bond donors (Lipinski definition) is 2. The normalized spacial score (nSPS) is 28.2. The number of rotatable bonds is 8. The number of aliphatic carboxylic acids is 2. The Hall–Kier alpha value is -2.60. The zero-order valence-corrected chi connectivity index (χ0v) is 17.2. The molecule has 0 aromatic heterocycles. The summed E-state index contributed by atoms with van der Waals surface area (Å²) in [5.41, 5.74) is 0. The second-order valence-corrected chi connectivity index (χ2v) is 8.30. The summed E-state index contributed by atoms with van der Waals surface area (Å²) in [4.78, 5) is 59.3. The van der Waals surface area contributed by atoms with Gasteiger partial charge >= 0.3 is 24.0 Å². The summed E-state index contributed by atoms with van der Waals surface area (Å²) in [6, 6.07) is -2.16. The van der Waals surface area contributed by atoms with E-state index >= 15 is 0 Å². The van der Waals surface area contributed by atoms with Crippen LogP contribution in [0.3, 0.4) is 0 Å². The number of carboxylic acid groups (broad SMARTS) is 2. The molecule has 0 aromatic rings. The molecule has 0 spiro atoms. The predicted octanol–water partition coefficient (Wildman–Crippen LogP) is 0.0816. The summed E-state index contributed by atoms with van der Waals surface area (Å²) in [7, 11) is 0. The molecular formula is C18H28N6O6. The van der Waals surface area contributed by atoms with Gasteiger partial charge in [0.05, 0.1) is 26.7 Å². The van der Waals surface area contributed by atoms with E-state index in [9.17, 15) is 29.4 Å². The third kappa shape index (κ3) is 2.97. The molecule has 4 amide bonds. The molecule has 2 unspecified atom stereocenters. The van der Waals surface area contributed by atoms with Crippen LogP contribution < -0.4 is 0 Å². The topological polar surface area (TPSA) is 128 Å². The lowest BCUT2D eigenvalue weighted by molar-refractivity contribution is -0.149. The largest absolute Gasteiger partial charge is 0.480 e. The van der Waals surface area contributed by atoms with Gasteiger partial charge in [-0.2, -0.15) is 0 Å². The summed E-state index contributed by atoms with van der Waals surface area (Å²) in [6.45, 7) is 4.30. The fourth-order valence-corrected chi connectivity index (χ4v) is 5.08. The molecule has 0 saturated carbocycles. The van der Waals surface area contributed by atoms with Gasteiger partial charge in [0, 0.05) is 0 Å². The number of amides is 4. The van der Waals surface area contributed by atoms with Gasteiger partial charge in [0.25, 0.3) is 0 Å². The second kappa shape index (κ2) is 7.58. The number of urea groups is 2. The van der Waals surface area contributed by atoms with Gasteiger partial charge in [0.1, 0.15) is 12.1 Å². The zero-order chi connectivity index (χ0) is 21.7. The molecule has 0 aliphatic carbocycles. The lowest BCUT2D eigenvalue weighted by Gasteiger charge is -2.44. The fraction of sp³-hybridized carbons (Fsp3) is 0.778. The van der Waals surface area contributed by atoms with Crippen LogP contribution in [0, 0.1) is 0 Å². The molecule has 12 nitrogen and oxygen atoms in total. The minimum absolute atomic E-state index is 0.127. The molecule has 0 radical (unpaired) electrons. The van der Waals surface area contributed by atoms with Crippen molar-refractivity contribution in [1.29, 1.82) is 0 Å². The van der Waals surface area contributed by atoms with E-state index in [4.69, 9.17) is 0 Å². The van der Waals surface area contributed by atoms with Crippen molar-refractivity contribution >= 4 is 24.0 Å². The molecule has 4 rings (SSSR count). The number of carbonyl (C=O) groups is 4. The lowest BCUT2D eigenvalue weighted by Crippen LogP contribution is -2.64. The molecule has 2 atom stereocenters. The van der Waals surface area contributed by atoms with Gasteiger partial charge in [-0.1, -0.05) is 26.7 Å². The van der Waals surface area contributed by atoms with Crippen molar-refractivity contribution in [2.24, 2.45) is 0 Å². The average Bonchev–Trinajstić information content (AvgIpc) is 3.16. The Bertz CT molecular complexity index is 669. The van der Waals surface area contributed by atoms with Crippen molar-refractivity contribution in [3.63, 3.8) is 0 Å². The van der Waals surface area contributed by atoms with Crippen LogP contribution in [0.5, 0.6) is 0 Å². The Morgan fingerprint density at radius 2 is 1.07 bits per heavy atom. The van der Waals surface area contributed by atoms with Crippen molar-refractivity contribution in [2.45, 2.75) is 63.9 Å². The van der Waals surface area contributed by atoms with Crippen LogP contribution in [-0.4, -0.2) is 115 Å². The average molecular weight is 424 g/mol. The van der Waals surface area contributed by atoms with Crippen molar-refractivity contribution in [1.82, 2.24) is 29.4 Å². The van der Waals surface area contributed by atoms with Gasteiger partial charge < -0.3 is 10.2 Å². The fourth-order valence-electron chi connectivity index (χ4n) is 5.08. The van der Waals surface area contributed by atoms with Crippen LogP contribution in [0.25, 0.3) is 0 Å². The smallest absolute Gasteiger partial charge is 0.325 e. The molecular weight excluding hydrogens is 396 g/mol. The summed E-state index contributed by atoms with van der Waals surface area (Å²) in [5.74, 6) is -1.94. The van der Waals surface area contributed by atoms with E-state index in [0.29, 0.717) is 25.7 Å². The Kier molecular flexibility index (Phi) is 5.22. The van der Waals surface area contributed by atoms with Gasteiger partial charge in [-0.3, -0.25) is 39.0 Å². The number of hydrogen-bond acceptors (Lipinski definition) is 6. The van der Waals surface area contributed by atoms with Crippen LogP contribution in [0.15, 0.2) is 0 Å². The third-order valence-electron chi connectivity index (χ3n) is 6.44. The van der Waals surface area contributed by atoms with Crippen LogP contribution in [0.4, 0.5) is 9.59 Å². The molecule has 4 aliphatic heterocycles. The van der Waals surface area contributed by atoms with Crippen molar-refractivity contribution < 1.29 is 29.4 Å². The maximum atomic E-state index is 13.2. The summed E-state index contributed by atoms with van der Waals surface area (Å²) in [6.07, 6.45) is 1.23. The van der Waals surface area contributed by atoms with Gasteiger partial charge in [-0.25, -0.2) is 9.59 Å². The highest BCUT2D eigenvalue weighted by Crippen LogP contribution is 2.40. The molecule has 4 fully saturated rings. The Balaban J connectivity index is 1.61. The maximum Gasteiger partial charge on any atom is 0.325 e. The van der Waals surface area contributed by atoms with E-state index in [1.165, 1.54) is 19.6 Å². The molecule has 30 heavy (non-hydrogen) atoms. The van der Waals surface area contributed by atoms with Crippen molar-refractivity contribution in [3.05, 3.63) is 0 Å². The molecule has 4 heterocycles. The van der Waals surface area contributed by atoms with E-state index in [-0.39, 0.29) is 38.7 Å². The van der Waals surface area contributed by atoms with E-state index in [1.54, 1.807) is 9.80 Å². The minimum atomic E-state index is -0.971. The first-order valence-corrected chi connectivity index (χ1v) is 10.4. The number of nitrogens with zero attached hydrogens (tertiary/aromatic N) is 6. The quantitative estimate of drug-likeness (QED) is 0.561. The van der Waals surface area contributed by atoms with E-state index in [2.05, 4.69) is 0 Å². The minimum Gasteiger partial charge on any atom is -0.480 e. The molecule has 2 N–H and O–H groups in total. The first kappa shape index (κ1) is 20.7. The SMILES string of the molecule is CCCC(C(=O)O)N1CN2C(=O)N3CN(C(CCC)C(=O)O)CN4C(=O)N(C1)C2C34. The lowest BCUT2D eigenvalue weighted by atomic mass is 10.1. The number of carbonyl (C=O) groups excluding carboxylic acids is 2. The molecule has 166 valence electrons. The third-order valence-corrected chi connectivity index (χ3v) is 6.44. The van der Waals surface area contributed by atoms with E-state index in [1.807, 2.05) is 13.8 Å². The van der Waals surface area contributed by atoms with Crippen LogP contribution >= 0.6 is 0 Å². The second-order valence-electron chi connectivity index (χ2n) is 8.30. The van der Waals surface area contributed by atoms with Crippen LogP contribution in [-0.2, 0) is 9.59 Å². The summed E-state index contributed by atoms with van der Waals surface area (Å²) < 4.78 is 0. The molecule has 0 aromatic carbocycles. The van der Waals surface area contributed by atoms with Gasteiger partial charge in [0.15, 0.2) is 12.3 Å². The van der Waals surface area contributed by atoms with Crippen LogP contribution in [0.1, 0.15) is 39.5 Å². The highest BCUT2D eigenvalue weighted by Gasteiger charge is 2.64. The molecule has 0 bridgehead atoms. The standard InChI is InChI=1S/C18H28N6O6/c1-3-5-11(15(25)26)19-7-21-13-14-23(17(21)29)9-20(12(6-4-2)16(27)28)10-24(14)18(30)22(13)8-19/h11-14H,3-10H2,1-2H3,(H,25,26)(H,27,28). The Morgan fingerprint density at radius 3 is 1.30 bits per heavy atom. The zero-order valence-electron chi connectivity index (χ0n) is 17.2. The van der Waals surface area contributed by atoms with Crippen molar-refractivity contribution in [3.8, 4) is 0 Å². The summed E-state index contributed by atoms with van der Waals surface area (Å²) >= 11 is 0. The van der Waals surface area contributed by atoms with E-state index in [0.717, 1.165) is 0 Å². The van der Waals surface area contributed by atoms with Crippen molar-refractivity contribution in [2.75, 3.05) is 26.7 Å². The maximum absolute atomic E-state index is 13.2. The Morgan fingerprint density at radius 1 is 0.767 bits per heavy atom. The predicted molar refractivity (Wildman–Crippen MR) is 102 cm³/mol. The highest BCUT2D eigenvalue weighted by atomic mass is 16.4. The monoisotopic (exact) mass is 424 g/mol. The molecule has 4 saturated heterocycles. The van der Waals surface area contributed by atoms with Gasteiger partial charge in [-0.15, -0.1) is 0 Å². The number of carboxylic acids is 2. The van der Waals surface area contributed by atoms with E-state index < -0.39 is 36.4 Å². The molecule has 4 aliphatic rings. The highest BCUT2D eigenvalue weighted by molar-refractivity contribution is 5.86. The van der Waals surface area contributed by atoms with Crippen LogP contribution in [0.2, 0.25) is 0 Å². The van der Waals surface area contributed by atoms with Gasteiger partial charge in [-0.05, 0) is 12.8 Å².